The number of carbonyl (C=O) groups is 1. The summed E-state index contributed by atoms with van der Waals surface area (Å²) in [6.07, 6.45) is 2.60. The van der Waals surface area contributed by atoms with Crippen molar-refractivity contribution in [3.63, 3.8) is 0 Å². The van der Waals surface area contributed by atoms with Gasteiger partial charge in [0, 0.05) is 26.7 Å². The highest BCUT2D eigenvalue weighted by Gasteiger charge is 2.38. The zero-order valence-electron chi connectivity index (χ0n) is 9.87. The fraction of sp³-hybridized carbons (Fsp3) is 0.900. The van der Waals surface area contributed by atoms with Crippen LogP contribution in [0.4, 0.5) is 0 Å². The Kier molecular flexibility index (Phi) is 3.42. The molecule has 1 aliphatic carbocycles. The molecule has 1 atom stereocenters. The van der Waals surface area contributed by atoms with Crippen LogP contribution in [0.15, 0.2) is 0 Å². The number of hydrogen-bond acceptors (Lipinski definition) is 3. The summed E-state index contributed by atoms with van der Waals surface area (Å²) in [6.45, 7) is 0.970. The van der Waals surface area contributed by atoms with Gasteiger partial charge in [-0.15, -0.1) is 0 Å². The van der Waals surface area contributed by atoms with Crippen LogP contribution in [0.1, 0.15) is 19.3 Å². The van der Waals surface area contributed by atoms with Gasteiger partial charge in [-0.2, -0.15) is 17.0 Å². The first-order valence-electron chi connectivity index (χ1n) is 5.85. The van der Waals surface area contributed by atoms with Gasteiger partial charge < -0.3 is 5.11 Å². The highest BCUT2D eigenvalue weighted by atomic mass is 32.2. The van der Waals surface area contributed by atoms with Crippen LogP contribution < -0.4 is 0 Å². The summed E-state index contributed by atoms with van der Waals surface area (Å²) in [6, 6.07) is 0. The standard InChI is InChI=1S/C10H18N2O4S/c1-11(6-8-2-3-8)17(15,16)12-5-4-9(7-12)10(13)14/h8-9H,2-7H2,1H3,(H,13,14). The number of rotatable bonds is 5. The van der Waals surface area contributed by atoms with E-state index in [0.29, 0.717) is 25.4 Å². The molecule has 1 saturated carbocycles. The minimum absolute atomic E-state index is 0.104. The third-order valence-electron chi connectivity index (χ3n) is 3.43. The van der Waals surface area contributed by atoms with E-state index in [1.165, 1.54) is 8.61 Å². The normalized spacial score (nSPS) is 26.6. The summed E-state index contributed by atoms with van der Waals surface area (Å²) in [5.74, 6) is -0.973. The van der Waals surface area contributed by atoms with Crippen LogP contribution in [0.25, 0.3) is 0 Å². The van der Waals surface area contributed by atoms with E-state index in [1.807, 2.05) is 0 Å². The van der Waals surface area contributed by atoms with E-state index in [1.54, 1.807) is 7.05 Å². The molecule has 0 spiro atoms. The third kappa shape index (κ3) is 2.78. The molecule has 0 radical (unpaired) electrons. The molecule has 0 aromatic rings. The average molecular weight is 262 g/mol. The van der Waals surface area contributed by atoms with E-state index in [2.05, 4.69) is 0 Å². The molecule has 0 bridgehead atoms. The molecule has 0 amide bonds. The maximum atomic E-state index is 12.1. The SMILES string of the molecule is CN(CC1CC1)S(=O)(=O)N1CCC(C(=O)O)C1. The first-order chi connectivity index (χ1) is 7.91. The van der Waals surface area contributed by atoms with Crippen LogP contribution in [0, 0.1) is 11.8 Å². The summed E-state index contributed by atoms with van der Waals surface area (Å²) in [7, 11) is -1.89. The second-order valence-electron chi connectivity index (χ2n) is 4.91. The molecule has 1 heterocycles. The summed E-state index contributed by atoms with van der Waals surface area (Å²) >= 11 is 0. The third-order valence-corrected chi connectivity index (χ3v) is 5.35. The smallest absolute Gasteiger partial charge is 0.307 e. The van der Waals surface area contributed by atoms with Gasteiger partial charge in [0.1, 0.15) is 0 Å². The van der Waals surface area contributed by atoms with Crippen molar-refractivity contribution in [2.75, 3.05) is 26.7 Å². The minimum atomic E-state index is -3.46. The van der Waals surface area contributed by atoms with Gasteiger partial charge in [0.2, 0.25) is 0 Å². The van der Waals surface area contributed by atoms with Gasteiger partial charge in [-0.1, -0.05) is 0 Å². The van der Waals surface area contributed by atoms with Gasteiger partial charge in [-0.25, -0.2) is 0 Å². The highest BCUT2D eigenvalue weighted by molar-refractivity contribution is 7.86. The first kappa shape index (κ1) is 12.8. The molecule has 0 aromatic heterocycles. The molecular formula is C10H18N2O4S. The summed E-state index contributed by atoms with van der Waals surface area (Å²) in [4.78, 5) is 10.8. The van der Waals surface area contributed by atoms with Crippen molar-refractivity contribution in [1.82, 2.24) is 8.61 Å². The fourth-order valence-electron chi connectivity index (χ4n) is 2.09. The topological polar surface area (TPSA) is 77.9 Å². The Hall–Kier alpha value is -0.660. The van der Waals surface area contributed by atoms with Gasteiger partial charge in [0.25, 0.3) is 10.2 Å². The van der Waals surface area contributed by atoms with Gasteiger partial charge in [0.15, 0.2) is 0 Å². The largest absolute Gasteiger partial charge is 0.481 e. The van der Waals surface area contributed by atoms with Crippen LogP contribution in [0.3, 0.4) is 0 Å². The zero-order chi connectivity index (χ0) is 12.6. The molecule has 6 nitrogen and oxygen atoms in total. The first-order valence-corrected chi connectivity index (χ1v) is 7.25. The Morgan fingerprint density at radius 3 is 2.53 bits per heavy atom. The molecule has 17 heavy (non-hydrogen) atoms. The molecule has 1 aliphatic heterocycles. The highest BCUT2D eigenvalue weighted by Crippen LogP contribution is 2.31. The number of nitrogens with zero attached hydrogens (tertiary/aromatic N) is 2. The Bertz CT molecular complexity index is 405. The maximum Gasteiger partial charge on any atom is 0.307 e. The van der Waals surface area contributed by atoms with E-state index in [-0.39, 0.29) is 6.54 Å². The van der Waals surface area contributed by atoms with Crippen molar-refractivity contribution in [2.45, 2.75) is 19.3 Å². The molecule has 2 rings (SSSR count). The van der Waals surface area contributed by atoms with Gasteiger partial charge in [-0.3, -0.25) is 4.79 Å². The van der Waals surface area contributed by atoms with Crippen LogP contribution in [-0.4, -0.2) is 54.8 Å². The van der Waals surface area contributed by atoms with Gasteiger partial charge in [-0.05, 0) is 25.2 Å². The zero-order valence-corrected chi connectivity index (χ0v) is 10.7. The lowest BCUT2D eigenvalue weighted by Gasteiger charge is -2.23. The van der Waals surface area contributed by atoms with Crippen LogP contribution in [0.2, 0.25) is 0 Å². The fourth-order valence-corrected chi connectivity index (χ4v) is 3.59. The Morgan fingerprint density at radius 1 is 1.41 bits per heavy atom. The second kappa shape index (κ2) is 4.55. The lowest BCUT2D eigenvalue weighted by atomic mass is 10.1. The predicted molar refractivity (Wildman–Crippen MR) is 61.6 cm³/mol. The molecule has 1 N–H and O–H groups in total. The van der Waals surface area contributed by atoms with Gasteiger partial charge >= 0.3 is 5.97 Å². The number of aliphatic carboxylic acids is 1. The predicted octanol–water partition coefficient (Wildman–Crippen LogP) is -0.0205. The van der Waals surface area contributed by atoms with Crippen LogP contribution in [-0.2, 0) is 15.0 Å². The molecule has 2 aliphatic rings. The van der Waals surface area contributed by atoms with E-state index in [4.69, 9.17) is 5.11 Å². The number of carboxylic acid groups (broad SMARTS) is 1. The van der Waals surface area contributed by atoms with E-state index in [0.717, 1.165) is 12.8 Å². The summed E-state index contributed by atoms with van der Waals surface area (Å²) in [5, 5.41) is 8.86. The quantitative estimate of drug-likeness (QED) is 0.755. The van der Waals surface area contributed by atoms with E-state index in [9.17, 15) is 13.2 Å². The number of carboxylic acids is 1. The lowest BCUT2D eigenvalue weighted by Crippen LogP contribution is -2.41. The van der Waals surface area contributed by atoms with Crippen molar-refractivity contribution in [1.29, 1.82) is 0 Å². The average Bonchev–Trinajstić information content (AvgIpc) is 2.91. The molecular weight excluding hydrogens is 244 g/mol. The second-order valence-corrected chi connectivity index (χ2v) is 6.95. The van der Waals surface area contributed by atoms with Crippen molar-refractivity contribution in [2.24, 2.45) is 11.8 Å². The van der Waals surface area contributed by atoms with Crippen LogP contribution >= 0.6 is 0 Å². The number of hydrogen-bond donors (Lipinski definition) is 1. The lowest BCUT2D eigenvalue weighted by molar-refractivity contribution is -0.141. The monoisotopic (exact) mass is 262 g/mol. The molecule has 7 heteroatoms. The van der Waals surface area contributed by atoms with Crippen molar-refractivity contribution in [3.05, 3.63) is 0 Å². The van der Waals surface area contributed by atoms with Crippen LogP contribution in [0.5, 0.6) is 0 Å². The van der Waals surface area contributed by atoms with Crippen molar-refractivity contribution < 1.29 is 18.3 Å². The Morgan fingerprint density at radius 2 is 2.06 bits per heavy atom. The molecule has 0 aromatic carbocycles. The molecule has 2 fully saturated rings. The summed E-state index contributed by atoms with van der Waals surface area (Å²) < 4.78 is 26.9. The van der Waals surface area contributed by atoms with Crippen molar-refractivity contribution >= 4 is 16.2 Å². The Labute approximate surface area is 101 Å². The maximum absolute atomic E-state index is 12.1. The van der Waals surface area contributed by atoms with Gasteiger partial charge in [0.05, 0.1) is 5.92 Å². The van der Waals surface area contributed by atoms with E-state index < -0.39 is 22.1 Å². The summed E-state index contributed by atoms with van der Waals surface area (Å²) in [5.41, 5.74) is 0. The Balaban J connectivity index is 1.98. The molecule has 98 valence electrons. The van der Waals surface area contributed by atoms with Crippen molar-refractivity contribution in [3.8, 4) is 0 Å². The van der Waals surface area contributed by atoms with E-state index >= 15 is 0 Å². The minimum Gasteiger partial charge on any atom is -0.481 e. The molecule has 1 saturated heterocycles. The molecule has 1 unspecified atom stereocenters.